The van der Waals surface area contributed by atoms with Crippen LogP contribution < -0.4 is 14.8 Å². The first kappa shape index (κ1) is 19.9. The van der Waals surface area contributed by atoms with Gasteiger partial charge in [-0.05, 0) is 59.9 Å². The van der Waals surface area contributed by atoms with E-state index in [1.807, 2.05) is 17.0 Å². The van der Waals surface area contributed by atoms with E-state index in [0.717, 1.165) is 36.4 Å². The standard InChI is InChI=1S/C26H28N2O3/c1-18(20-9-8-19-5-2-3-6-21(19)15-20)27-17-26(29)28-12-4-7-23(28)22-10-11-24-25(16-22)31-14-13-30-24/h2-3,5-6,8-11,15-16,18,23,27H,4,7,12-14,17H2,1H3. The monoisotopic (exact) mass is 416 g/mol. The molecule has 1 amide bonds. The normalized spacial score (nSPS) is 18.9. The minimum atomic E-state index is 0.0982. The number of benzene rings is 3. The van der Waals surface area contributed by atoms with E-state index in [0.29, 0.717) is 19.8 Å². The molecule has 2 aliphatic rings. The van der Waals surface area contributed by atoms with Crippen LogP contribution in [0.2, 0.25) is 0 Å². The summed E-state index contributed by atoms with van der Waals surface area (Å²) in [7, 11) is 0. The van der Waals surface area contributed by atoms with E-state index in [1.54, 1.807) is 0 Å². The van der Waals surface area contributed by atoms with Crippen molar-refractivity contribution >= 4 is 16.7 Å². The molecule has 2 aliphatic heterocycles. The maximum absolute atomic E-state index is 13.1. The van der Waals surface area contributed by atoms with Crippen LogP contribution >= 0.6 is 0 Å². The van der Waals surface area contributed by atoms with Gasteiger partial charge < -0.3 is 19.7 Å². The third kappa shape index (κ3) is 4.10. The molecule has 1 fully saturated rings. The summed E-state index contributed by atoms with van der Waals surface area (Å²) >= 11 is 0. The third-order valence-electron chi connectivity index (χ3n) is 6.36. The fraction of sp³-hybridized carbons (Fsp3) is 0.346. The first-order valence-corrected chi connectivity index (χ1v) is 11.1. The molecule has 0 spiro atoms. The summed E-state index contributed by atoms with van der Waals surface area (Å²) in [4.78, 5) is 15.1. The second-order valence-electron chi connectivity index (χ2n) is 8.36. The van der Waals surface area contributed by atoms with Crippen LogP contribution in [0.3, 0.4) is 0 Å². The van der Waals surface area contributed by atoms with Gasteiger partial charge in [-0.25, -0.2) is 0 Å². The van der Waals surface area contributed by atoms with Crippen LogP contribution in [0, 0.1) is 0 Å². The van der Waals surface area contributed by atoms with Crippen molar-refractivity contribution in [2.45, 2.75) is 31.8 Å². The smallest absolute Gasteiger partial charge is 0.237 e. The molecule has 2 heterocycles. The molecular weight excluding hydrogens is 388 g/mol. The van der Waals surface area contributed by atoms with Crippen molar-refractivity contribution < 1.29 is 14.3 Å². The summed E-state index contributed by atoms with van der Waals surface area (Å²) < 4.78 is 11.4. The van der Waals surface area contributed by atoms with E-state index in [-0.39, 0.29) is 18.0 Å². The van der Waals surface area contributed by atoms with Crippen LogP contribution in [-0.2, 0) is 4.79 Å². The lowest BCUT2D eigenvalue weighted by Gasteiger charge is -2.27. The fourth-order valence-corrected chi connectivity index (χ4v) is 4.62. The number of hydrogen-bond donors (Lipinski definition) is 1. The molecule has 1 saturated heterocycles. The fourth-order valence-electron chi connectivity index (χ4n) is 4.62. The molecule has 31 heavy (non-hydrogen) atoms. The first-order chi connectivity index (χ1) is 15.2. The molecule has 0 aromatic heterocycles. The Hall–Kier alpha value is -3.05. The van der Waals surface area contributed by atoms with Crippen LogP contribution in [0.1, 0.15) is 43.0 Å². The quantitative estimate of drug-likeness (QED) is 0.659. The summed E-state index contributed by atoms with van der Waals surface area (Å²) in [5, 5.41) is 5.88. The van der Waals surface area contributed by atoms with Gasteiger partial charge in [0.2, 0.25) is 5.91 Å². The van der Waals surface area contributed by atoms with Crippen LogP contribution in [-0.4, -0.2) is 37.1 Å². The number of fused-ring (bicyclic) bond motifs is 2. The predicted molar refractivity (Wildman–Crippen MR) is 121 cm³/mol. The van der Waals surface area contributed by atoms with Gasteiger partial charge in [0.05, 0.1) is 12.6 Å². The van der Waals surface area contributed by atoms with Crippen molar-refractivity contribution in [3.8, 4) is 11.5 Å². The van der Waals surface area contributed by atoms with Gasteiger partial charge >= 0.3 is 0 Å². The molecule has 5 rings (SSSR count). The summed E-state index contributed by atoms with van der Waals surface area (Å²) in [5.41, 5.74) is 2.31. The predicted octanol–water partition coefficient (Wildman–Crippen LogP) is 4.63. The Labute approximate surface area is 183 Å². The first-order valence-electron chi connectivity index (χ1n) is 11.1. The number of nitrogens with one attached hydrogen (secondary N) is 1. The lowest BCUT2D eigenvalue weighted by molar-refractivity contribution is -0.131. The minimum absolute atomic E-state index is 0.0982. The highest BCUT2D eigenvalue weighted by atomic mass is 16.6. The van der Waals surface area contributed by atoms with E-state index in [1.165, 1.54) is 16.3 Å². The molecule has 0 bridgehead atoms. The zero-order valence-electron chi connectivity index (χ0n) is 17.8. The lowest BCUT2D eigenvalue weighted by Crippen LogP contribution is -2.38. The average Bonchev–Trinajstić information content (AvgIpc) is 3.32. The molecule has 0 aliphatic carbocycles. The van der Waals surface area contributed by atoms with E-state index in [4.69, 9.17) is 9.47 Å². The van der Waals surface area contributed by atoms with Gasteiger partial charge in [-0.15, -0.1) is 0 Å². The SMILES string of the molecule is CC(NCC(=O)N1CCCC1c1ccc2c(c1)OCCO2)c1ccc2ccccc2c1. The molecule has 0 radical (unpaired) electrons. The van der Waals surface area contributed by atoms with Crippen molar-refractivity contribution in [1.29, 1.82) is 0 Å². The Kier molecular flexibility index (Phi) is 5.51. The van der Waals surface area contributed by atoms with Crippen LogP contribution in [0.25, 0.3) is 10.8 Å². The molecule has 0 saturated carbocycles. The van der Waals surface area contributed by atoms with Crippen molar-refractivity contribution in [3.05, 3.63) is 71.8 Å². The molecule has 160 valence electrons. The molecule has 3 aromatic rings. The summed E-state index contributed by atoms with van der Waals surface area (Å²) in [6.45, 7) is 4.39. The van der Waals surface area contributed by atoms with Gasteiger partial charge in [-0.2, -0.15) is 0 Å². The largest absolute Gasteiger partial charge is 0.486 e. The minimum Gasteiger partial charge on any atom is -0.486 e. The zero-order chi connectivity index (χ0) is 21.2. The highest BCUT2D eigenvalue weighted by Gasteiger charge is 2.30. The van der Waals surface area contributed by atoms with Gasteiger partial charge in [-0.3, -0.25) is 4.79 Å². The highest BCUT2D eigenvalue weighted by Crippen LogP contribution is 2.38. The molecule has 5 nitrogen and oxygen atoms in total. The molecule has 1 N–H and O–H groups in total. The van der Waals surface area contributed by atoms with Gasteiger partial charge in [0, 0.05) is 12.6 Å². The maximum atomic E-state index is 13.1. The number of amides is 1. The number of carbonyl (C=O) groups excluding carboxylic acids is 1. The third-order valence-corrected chi connectivity index (χ3v) is 6.36. The van der Waals surface area contributed by atoms with Gasteiger partial charge in [0.1, 0.15) is 13.2 Å². The van der Waals surface area contributed by atoms with Crippen LogP contribution in [0.15, 0.2) is 60.7 Å². The van der Waals surface area contributed by atoms with E-state index in [9.17, 15) is 4.79 Å². The van der Waals surface area contributed by atoms with E-state index in [2.05, 4.69) is 60.8 Å². The lowest BCUT2D eigenvalue weighted by atomic mass is 10.0. The van der Waals surface area contributed by atoms with Gasteiger partial charge in [0.15, 0.2) is 11.5 Å². The van der Waals surface area contributed by atoms with Crippen molar-refractivity contribution in [3.63, 3.8) is 0 Å². The summed E-state index contributed by atoms with van der Waals surface area (Å²) in [6, 6.07) is 21.1. The summed E-state index contributed by atoms with van der Waals surface area (Å²) in [6.07, 6.45) is 2.00. The molecule has 2 atom stereocenters. The van der Waals surface area contributed by atoms with Crippen molar-refractivity contribution in [2.24, 2.45) is 0 Å². The topological polar surface area (TPSA) is 50.8 Å². The van der Waals surface area contributed by atoms with Crippen molar-refractivity contribution in [1.82, 2.24) is 10.2 Å². The number of carbonyl (C=O) groups is 1. The Balaban J connectivity index is 1.25. The Bertz CT molecular complexity index is 1100. The Morgan fingerprint density at radius 2 is 1.84 bits per heavy atom. The Morgan fingerprint density at radius 1 is 1.03 bits per heavy atom. The zero-order valence-corrected chi connectivity index (χ0v) is 17.8. The van der Waals surface area contributed by atoms with Crippen LogP contribution in [0.5, 0.6) is 11.5 Å². The second-order valence-corrected chi connectivity index (χ2v) is 8.36. The van der Waals surface area contributed by atoms with E-state index < -0.39 is 0 Å². The molecule has 3 aromatic carbocycles. The second kappa shape index (κ2) is 8.60. The molecule has 5 heteroatoms. The maximum Gasteiger partial charge on any atom is 0.237 e. The highest BCUT2D eigenvalue weighted by molar-refractivity contribution is 5.83. The van der Waals surface area contributed by atoms with Crippen molar-refractivity contribution in [2.75, 3.05) is 26.3 Å². The van der Waals surface area contributed by atoms with Gasteiger partial charge in [0.25, 0.3) is 0 Å². The van der Waals surface area contributed by atoms with E-state index >= 15 is 0 Å². The molecular formula is C26H28N2O3. The number of hydrogen-bond acceptors (Lipinski definition) is 4. The number of rotatable bonds is 5. The van der Waals surface area contributed by atoms with Crippen LogP contribution in [0.4, 0.5) is 0 Å². The molecule has 2 unspecified atom stereocenters. The Morgan fingerprint density at radius 3 is 2.71 bits per heavy atom. The number of likely N-dealkylation sites (tertiary alicyclic amines) is 1. The number of ether oxygens (including phenoxy) is 2. The average molecular weight is 417 g/mol. The van der Waals surface area contributed by atoms with Gasteiger partial charge in [-0.1, -0.05) is 42.5 Å². The summed E-state index contributed by atoms with van der Waals surface area (Å²) in [5.74, 6) is 1.72. The number of nitrogens with zero attached hydrogens (tertiary/aromatic N) is 1.